The molecule has 3 amide bonds. The molecule has 6 rings (SSSR count). The van der Waals surface area contributed by atoms with Gasteiger partial charge in [0.2, 0.25) is 18.1 Å². The number of carbonyl (C=O) groups excluding carboxylic acids is 9. The smallest absolute Gasteiger partial charge is 0.340 e. The Morgan fingerprint density at radius 3 is 0.894 bits per heavy atom. The first kappa shape index (κ1) is 73.4. The van der Waals surface area contributed by atoms with Crippen molar-refractivity contribution in [3.8, 4) is 0 Å². The summed E-state index contributed by atoms with van der Waals surface area (Å²) in [5, 5.41) is 5.34. The van der Waals surface area contributed by atoms with Gasteiger partial charge in [0.1, 0.15) is 19.3 Å². The van der Waals surface area contributed by atoms with Crippen LogP contribution in [0.5, 0.6) is 0 Å². The molecule has 2 N–H and O–H groups in total. The molecule has 11 atom stereocenters. The number of amides is 3. The lowest BCUT2D eigenvalue weighted by atomic mass is 10.1. The Morgan fingerprint density at radius 2 is 0.617 bits per heavy atom. The molecule has 0 fully saturated rings. The molecule has 6 aromatic carbocycles. The molecular formula is C70H79N3O21. The van der Waals surface area contributed by atoms with Crippen LogP contribution >= 0.6 is 0 Å². The summed E-state index contributed by atoms with van der Waals surface area (Å²) in [4.78, 5) is 130. The summed E-state index contributed by atoms with van der Waals surface area (Å²) < 4.78 is 68.4. The van der Waals surface area contributed by atoms with Gasteiger partial charge < -0.3 is 72.4 Å². The maximum absolute atomic E-state index is 15.1. The van der Waals surface area contributed by atoms with Gasteiger partial charge in [-0.2, -0.15) is 0 Å². The Balaban J connectivity index is 1.29. The molecule has 0 aromatic heterocycles. The lowest BCUT2D eigenvalue weighted by Gasteiger charge is -2.30. The number of hydrogen-bond donors (Lipinski definition) is 2. The van der Waals surface area contributed by atoms with Crippen molar-refractivity contribution in [2.75, 3.05) is 76.5 Å². The summed E-state index contributed by atoms with van der Waals surface area (Å²) in [6, 6.07) is 48.0. The first-order valence-electron chi connectivity index (χ1n) is 29.9. The predicted molar refractivity (Wildman–Crippen MR) is 336 cm³/mol. The Kier molecular flexibility index (Phi) is 29.9. The van der Waals surface area contributed by atoms with E-state index in [4.69, 9.17) is 56.8 Å². The van der Waals surface area contributed by atoms with Crippen LogP contribution in [-0.2, 0) is 100.0 Å². The number of esters is 6. The molecule has 0 bridgehead atoms. The van der Waals surface area contributed by atoms with Crippen LogP contribution < -0.4 is 10.6 Å². The number of nitrogens with zero attached hydrogens (tertiary/aromatic N) is 1. The molecule has 0 aliphatic rings. The van der Waals surface area contributed by atoms with Gasteiger partial charge in [-0.1, -0.05) is 182 Å². The summed E-state index contributed by atoms with van der Waals surface area (Å²) in [6.07, 6.45) is -16.3. The van der Waals surface area contributed by atoms with E-state index in [2.05, 4.69) is 10.6 Å². The van der Waals surface area contributed by atoms with Crippen molar-refractivity contribution in [2.24, 2.45) is 0 Å². The largest absolute Gasteiger partial charge is 0.459 e. The van der Waals surface area contributed by atoms with Crippen molar-refractivity contribution >= 4 is 53.5 Å². The maximum atomic E-state index is 15.1. The number of unbranched alkanes of at least 4 members (excludes halogenated alkanes) is 1. The molecule has 0 spiro atoms. The number of benzene rings is 6. The molecule has 500 valence electrons. The molecule has 0 saturated heterocycles. The van der Waals surface area contributed by atoms with E-state index in [0.29, 0.717) is 33.4 Å². The van der Waals surface area contributed by atoms with Gasteiger partial charge in [0.25, 0.3) is 11.8 Å². The van der Waals surface area contributed by atoms with Crippen LogP contribution in [0.2, 0.25) is 0 Å². The second kappa shape index (κ2) is 38.4. The number of rotatable bonds is 37. The van der Waals surface area contributed by atoms with Crippen molar-refractivity contribution in [1.82, 2.24) is 15.5 Å². The van der Waals surface area contributed by atoms with Crippen molar-refractivity contribution in [1.29, 1.82) is 0 Å². The fourth-order valence-corrected chi connectivity index (χ4v) is 9.82. The van der Waals surface area contributed by atoms with Gasteiger partial charge in [0, 0.05) is 63.3 Å². The molecule has 0 aliphatic carbocycles. The zero-order valence-electron chi connectivity index (χ0n) is 53.4. The van der Waals surface area contributed by atoms with E-state index in [1.165, 1.54) is 61.7 Å². The standard InChI is InChI=1S/C70H79N3O21/c1-73(2)64(76)51(72-63(75)61(94-70(82)59(88-8)50-39-25-14-26-40-50)53(92-68(80)57(86-6)48-35-21-12-22-36-48)44-90-66(78)55(84-4)46-31-17-10-18-32-46)41-27-28-42-71-62(74)60(93-69(81)58(87-7)49-37-23-13-24-38-49)52(91-67(79)56(85-5)47-33-19-11-20-34-47)43-89-65(77)54(83-3)45-29-15-9-16-30-45/h9-26,29-40,51-61H,27-28,41-44H2,1-8H3,(H,71,74)(H,72,75)/t51-,52+,53-,54+,55+,56+,57+,58+,59+,60+,61+/m0/s1. The van der Waals surface area contributed by atoms with E-state index in [1.54, 1.807) is 182 Å². The van der Waals surface area contributed by atoms with Gasteiger partial charge >= 0.3 is 35.8 Å². The van der Waals surface area contributed by atoms with Crippen LogP contribution in [0.1, 0.15) is 89.3 Å². The second-order valence-corrected chi connectivity index (χ2v) is 21.2. The quantitative estimate of drug-likeness (QED) is 0.0228. The topological polar surface area (TPSA) is 292 Å². The Hall–Kier alpha value is -9.69. The van der Waals surface area contributed by atoms with Crippen molar-refractivity contribution in [3.05, 3.63) is 215 Å². The van der Waals surface area contributed by atoms with E-state index in [1.807, 2.05) is 0 Å². The van der Waals surface area contributed by atoms with Gasteiger partial charge in [-0.3, -0.25) is 14.4 Å². The van der Waals surface area contributed by atoms with Crippen LogP contribution in [0.25, 0.3) is 0 Å². The third-order valence-corrected chi connectivity index (χ3v) is 14.6. The Morgan fingerprint density at radius 1 is 0.351 bits per heavy atom. The molecule has 0 aliphatic heterocycles. The van der Waals surface area contributed by atoms with Gasteiger partial charge in [-0.15, -0.1) is 0 Å². The highest BCUT2D eigenvalue weighted by atomic mass is 16.7. The molecule has 0 saturated carbocycles. The number of methoxy groups -OCH3 is 6. The highest BCUT2D eigenvalue weighted by Gasteiger charge is 2.43. The summed E-state index contributed by atoms with van der Waals surface area (Å²) in [5.41, 5.74) is 2.17. The van der Waals surface area contributed by atoms with Crippen molar-refractivity contribution in [3.63, 3.8) is 0 Å². The molecular weight excluding hydrogens is 1220 g/mol. The Labute approximate surface area is 545 Å². The molecule has 94 heavy (non-hydrogen) atoms. The SMILES string of the molecule is CO[C@@H](C(=O)OC[C@H](OC(=O)[C@H](OC)c1ccccc1)[C@@H](OC(=O)[C@H](OC)c1ccccc1)C(=O)N[C@@H](CCCCNC(=O)[C@H](OC(=O)[C@H](OC)c1ccccc1)[C@@H](COC(=O)[C@H](OC)c1ccccc1)OC(=O)[C@H](OC)c1ccccc1)C(=O)N(C)C)c1ccccc1. The number of ether oxygens (including phenoxy) is 12. The van der Waals surface area contributed by atoms with Crippen LogP contribution in [-0.4, -0.2) is 165 Å². The second-order valence-electron chi connectivity index (χ2n) is 21.2. The normalized spacial score (nSPS) is 14.6. The van der Waals surface area contributed by atoms with Crippen LogP contribution in [0.3, 0.4) is 0 Å². The minimum Gasteiger partial charge on any atom is -0.459 e. The van der Waals surface area contributed by atoms with E-state index in [-0.39, 0.29) is 25.8 Å². The summed E-state index contributed by atoms with van der Waals surface area (Å²) in [5.74, 6) is -9.16. The summed E-state index contributed by atoms with van der Waals surface area (Å²) in [7, 11) is 10.4. The fraction of sp³-hybridized carbons (Fsp3) is 0.357. The molecule has 24 heteroatoms. The predicted octanol–water partition coefficient (Wildman–Crippen LogP) is 6.91. The lowest BCUT2D eigenvalue weighted by Crippen LogP contribution is -2.55. The van der Waals surface area contributed by atoms with Gasteiger partial charge in [-0.25, -0.2) is 28.8 Å². The van der Waals surface area contributed by atoms with Gasteiger partial charge in [-0.05, 0) is 52.6 Å². The number of likely N-dealkylation sites (N-methyl/N-ethyl adjacent to an activating group) is 1. The van der Waals surface area contributed by atoms with Crippen molar-refractivity contribution < 1.29 is 100.0 Å². The van der Waals surface area contributed by atoms with E-state index in [9.17, 15) is 38.4 Å². The first-order chi connectivity index (χ1) is 45.5. The zero-order valence-corrected chi connectivity index (χ0v) is 53.4. The zero-order chi connectivity index (χ0) is 67.9. The van der Waals surface area contributed by atoms with Gasteiger partial charge in [0.15, 0.2) is 48.8 Å². The van der Waals surface area contributed by atoms with E-state index in [0.717, 1.165) is 0 Å². The minimum absolute atomic E-state index is 0.0527. The minimum atomic E-state index is -2.18. The van der Waals surface area contributed by atoms with Crippen LogP contribution in [0.15, 0.2) is 182 Å². The molecule has 6 aromatic rings. The van der Waals surface area contributed by atoms with E-state index >= 15 is 4.79 Å². The molecule has 0 radical (unpaired) electrons. The van der Waals surface area contributed by atoms with Crippen molar-refractivity contribution in [2.45, 2.75) is 86.3 Å². The monoisotopic (exact) mass is 1300 g/mol. The molecule has 0 heterocycles. The number of nitrogens with one attached hydrogen (secondary N) is 2. The highest BCUT2D eigenvalue weighted by Crippen LogP contribution is 2.28. The van der Waals surface area contributed by atoms with Crippen LogP contribution in [0, 0.1) is 0 Å². The highest BCUT2D eigenvalue weighted by molar-refractivity contribution is 5.92. The summed E-state index contributed by atoms with van der Waals surface area (Å²) in [6.45, 7) is -1.99. The third-order valence-electron chi connectivity index (χ3n) is 14.6. The Bertz CT molecular complexity index is 3350. The molecule has 0 unspecified atom stereocenters. The summed E-state index contributed by atoms with van der Waals surface area (Å²) >= 11 is 0. The molecule has 24 nitrogen and oxygen atoms in total. The van der Waals surface area contributed by atoms with E-state index < -0.39 is 134 Å². The average Bonchev–Trinajstić information content (AvgIpc) is 1.10. The third kappa shape index (κ3) is 21.2. The first-order valence-corrected chi connectivity index (χ1v) is 29.9. The van der Waals surface area contributed by atoms with Crippen LogP contribution in [0.4, 0.5) is 0 Å². The number of carbonyl (C=O) groups is 9. The fourth-order valence-electron chi connectivity index (χ4n) is 9.82. The average molecular weight is 1300 g/mol. The lowest BCUT2D eigenvalue weighted by molar-refractivity contribution is -0.190. The van der Waals surface area contributed by atoms with Gasteiger partial charge in [0.05, 0.1) is 0 Å². The maximum Gasteiger partial charge on any atom is 0.340 e. The number of hydrogen-bond acceptors (Lipinski definition) is 21.